The number of fused-ring (bicyclic) bond motifs is 1. The van der Waals surface area contributed by atoms with Crippen LogP contribution >= 0.6 is 11.6 Å². The molecule has 0 amide bonds. The summed E-state index contributed by atoms with van der Waals surface area (Å²) in [5, 5.41) is 1.47. The molecule has 4 nitrogen and oxygen atoms in total. The summed E-state index contributed by atoms with van der Waals surface area (Å²) in [5.41, 5.74) is 3.71. The zero-order chi connectivity index (χ0) is 16.2. The van der Waals surface area contributed by atoms with Crippen LogP contribution in [-0.4, -0.2) is 23.0 Å². The number of ether oxygens (including phenoxy) is 1. The predicted molar refractivity (Wildman–Crippen MR) is 89.5 cm³/mol. The number of carbonyl (C=O) groups is 1. The molecule has 3 aromatic rings. The van der Waals surface area contributed by atoms with Gasteiger partial charge in [-0.1, -0.05) is 17.7 Å². The lowest BCUT2D eigenvalue weighted by molar-refractivity contribution is -0.139. The number of carbonyl (C=O) groups excluding carboxylic acids is 1. The van der Waals surface area contributed by atoms with Gasteiger partial charge < -0.3 is 4.74 Å². The highest BCUT2D eigenvalue weighted by Gasteiger charge is 2.09. The fourth-order valence-corrected chi connectivity index (χ4v) is 2.72. The van der Waals surface area contributed by atoms with E-state index in [0.717, 1.165) is 22.9 Å². The van der Waals surface area contributed by atoms with Crippen LogP contribution < -0.4 is 0 Å². The quantitative estimate of drug-likeness (QED) is 0.687. The van der Waals surface area contributed by atoms with Crippen LogP contribution in [0, 0.1) is 0 Å². The lowest BCUT2D eigenvalue weighted by Crippen LogP contribution is -2.06. The normalized spacial score (nSPS) is 10.7. The number of benzene rings is 1. The van der Waals surface area contributed by atoms with E-state index in [1.54, 1.807) is 18.5 Å². The molecule has 0 aliphatic carbocycles. The van der Waals surface area contributed by atoms with Crippen molar-refractivity contribution in [3.63, 3.8) is 0 Å². The molecule has 116 valence electrons. The highest BCUT2D eigenvalue weighted by atomic mass is 35.5. The summed E-state index contributed by atoms with van der Waals surface area (Å²) in [7, 11) is 1.36. The van der Waals surface area contributed by atoms with Crippen LogP contribution in [0.5, 0.6) is 0 Å². The van der Waals surface area contributed by atoms with Gasteiger partial charge in [0.25, 0.3) is 0 Å². The fourth-order valence-electron chi connectivity index (χ4n) is 2.44. The van der Waals surface area contributed by atoms with Gasteiger partial charge in [0.05, 0.1) is 29.8 Å². The van der Waals surface area contributed by atoms with Crippen LogP contribution in [0.1, 0.15) is 16.8 Å². The van der Waals surface area contributed by atoms with Crippen LogP contribution in [0.4, 0.5) is 0 Å². The van der Waals surface area contributed by atoms with Crippen molar-refractivity contribution in [2.45, 2.75) is 12.8 Å². The van der Waals surface area contributed by atoms with Gasteiger partial charge in [0.1, 0.15) is 0 Å². The highest BCUT2D eigenvalue weighted by Crippen LogP contribution is 2.25. The molecule has 3 rings (SSSR count). The number of halogens is 1. The summed E-state index contributed by atoms with van der Waals surface area (Å²) in [5.74, 6) is -0.331. The predicted octanol–water partition coefficient (Wildman–Crippen LogP) is 3.59. The monoisotopic (exact) mass is 326 g/mol. The van der Waals surface area contributed by atoms with Gasteiger partial charge in [-0.2, -0.15) is 0 Å². The van der Waals surface area contributed by atoms with Gasteiger partial charge in [0, 0.05) is 17.8 Å². The molecule has 0 radical (unpaired) electrons. The van der Waals surface area contributed by atoms with Gasteiger partial charge in [-0.15, -0.1) is 0 Å². The number of nitrogens with zero attached hydrogens (tertiary/aromatic N) is 2. The molecule has 0 N–H and O–H groups in total. The van der Waals surface area contributed by atoms with E-state index in [1.807, 2.05) is 30.3 Å². The molecule has 0 unspecified atom stereocenters. The maximum Gasteiger partial charge on any atom is 0.311 e. The average molecular weight is 327 g/mol. The minimum Gasteiger partial charge on any atom is -0.469 e. The van der Waals surface area contributed by atoms with Crippen molar-refractivity contribution in [1.82, 2.24) is 9.97 Å². The molecule has 2 heterocycles. The van der Waals surface area contributed by atoms with Gasteiger partial charge >= 0.3 is 5.97 Å². The molecular weight excluding hydrogens is 312 g/mol. The second-order valence-corrected chi connectivity index (χ2v) is 5.64. The summed E-state index contributed by atoms with van der Waals surface area (Å²) < 4.78 is 4.66. The van der Waals surface area contributed by atoms with Gasteiger partial charge in [-0.25, -0.2) is 0 Å². The smallest absolute Gasteiger partial charge is 0.311 e. The molecule has 2 aromatic heterocycles. The lowest BCUT2D eigenvalue weighted by Gasteiger charge is -2.07. The van der Waals surface area contributed by atoms with Crippen molar-refractivity contribution in [1.29, 1.82) is 0 Å². The minimum absolute atomic E-state index is 0.116. The molecule has 0 bridgehead atoms. The third-order valence-corrected chi connectivity index (χ3v) is 3.90. The Kier molecular flexibility index (Phi) is 4.53. The van der Waals surface area contributed by atoms with Gasteiger partial charge in [-0.05, 0) is 47.9 Å². The molecule has 23 heavy (non-hydrogen) atoms. The molecule has 5 heteroatoms. The summed E-state index contributed by atoms with van der Waals surface area (Å²) in [4.78, 5) is 19.9. The van der Waals surface area contributed by atoms with Crippen molar-refractivity contribution >= 4 is 28.5 Å². The Hall–Kier alpha value is -2.46. The third kappa shape index (κ3) is 3.66. The minimum atomic E-state index is -0.331. The van der Waals surface area contributed by atoms with E-state index in [9.17, 15) is 4.79 Å². The molecule has 0 fully saturated rings. The number of hydrogen-bond donors (Lipinski definition) is 0. The van der Waals surface area contributed by atoms with Crippen LogP contribution in [-0.2, 0) is 22.4 Å². The Morgan fingerprint density at radius 3 is 2.65 bits per heavy atom. The molecule has 0 aliphatic heterocycles. The van der Waals surface area contributed by atoms with Crippen molar-refractivity contribution in [2.75, 3.05) is 7.11 Å². The summed E-state index contributed by atoms with van der Waals surface area (Å²) in [6, 6.07) is 11.7. The number of aromatic nitrogens is 2. The van der Waals surface area contributed by atoms with Crippen molar-refractivity contribution in [2.24, 2.45) is 0 Å². The number of esters is 1. The molecule has 0 aliphatic rings. The maximum absolute atomic E-state index is 11.4. The third-order valence-electron chi connectivity index (χ3n) is 3.59. The van der Waals surface area contributed by atoms with E-state index < -0.39 is 0 Å². The zero-order valence-electron chi connectivity index (χ0n) is 12.6. The Morgan fingerprint density at radius 1 is 1.13 bits per heavy atom. The zero-order valence-corrected chi connectivity index (χ0v) is 13.4. The molecule has 0 saturated heterocycles. The number of hydrogen-bond acceptors (Lipinski definition) is 4. The Morgan fingerprint density at radius 2 is 1.91 bits per heavy atom. The first-order valence-corrected chi connectivity index (χ1v) is 7.57. The number of rotatable bonds is 4. The first kappa shape index (κ1) is 15.4. The van der Waals surface area contributed by atoms with Gasteiger partial charge in [0.15, 0.2) is 0 Å². The molecular formula is C18H15ClN2O2. The SMILES string of the molecule is COC(=O)Cc1cc(Cl)c2cc(Cc3ccncc3)ccc2n1. The van der Waals surface area contributed by atoms with Crippen LogP contribution in [0.3, 0.4) is 0 Å². The Bertz CT molecular complexity index is 850. The van der Waals surface area contributed by atoms with E-state index in [0.29, 0.717) is 10.7 Å². The second-order valence-electron chi connectivity index (χ2n) is 5.23. The standard InChI is InChI=1S/C18H15ClN2O2/c1-23-18(22)11-14-10-16(19)15-9-13(2-3-17(15)21-14)8-12-4-6-20-7-5-12/h2-7,9-10H,8,11H2,1H3. The van der Waals surface area contributed by atoms with Crippen LogP contribution in [0.2, 0.25) is 5.02 Å². The Labute approximate surface area is 139 Å². The Balaban J connectivity index is 1.92. The van der Waals surface area contributed by atoms with Gasteiger partial charge in [-0.3, -0.25) is 14.8 Å². The topological polar surface area (TPSA) is 52.1 Å². The summed E-state index contributed by atoms with van der Waals surface area (Å²) >= 11 is 6.36. The highest BCUT2D eigenvalue weighted by molar-refractivity contribution is 6.35. The van der Waals surface area contributed by atoms with Crippen molar-refractivity contribution in [3.05, 3.63) is 70.6 Å². The molecule has 1 aromatic carbocycles. The second kappa shape index (κ2) is 6.75. The summed E-state index contributed by atoms with van der Waals surface area (Å²) in [6.45, 7) is 0. The number of methoxy groups -OCH3 is 1. The van der Waals surface area contributed by atoms with E-state index in [4.69, 9.17) is 11.6 Å². The fraction of sp³-hybridized carbons (Fsp3) is 0.167. The average Bonchev–Trinajstić information content (AvgIpc) is 2.56. The van der Waals surface area contributed by atoms with E-state index in [-0.39, 0.29) is 12.4 Å². The van der Waals surface area contributed by atoms with Crippen LogP contribution in [0.25, 0.3) is 10.9 Å². The van der Waals surface area contributed by atoms with Gasteiger partial charge in [0.2, 0.25) is 0 Å². The first-order valence-electron chi connectivity index (χ1n) is 7.19. The van der Waals surface area contributed by atoms with Crippen molar-refractivity contribution in [3.8, 4) is 0 Å². The van der Waals surface area contributed by atoms with Crippen LogP contribution in [0.15, 0.2) is 48.8 Å². The summed E-state index contributed by atoms with van der Waals surface area (Å²) in [6.07, 6.45) is 4.48. The molecule has 0 spiro atoms. The number of pyridine rings is 2. The lowest BCUT2D eigenvalue weighted by atomic mass is 10.0. The largest absolute Gasteiger partial charge is 0.469 e. The van der Waals surface area contributed by atoms with Crippen molar-refractivity contribution < 1.29 is 9.53 Å². The molecule has 0 saturated carbocycles. The van der Waals surface area contributed by atoms with E-state index in [1.165, 1.54) is 12.7 Å². The van der Waals surface area contributed by atoms with E-state index in [2.05, 4.69) is 14.7 Å². The molecule has 0 atom stereocenters. The maximum atomic E-state index is 11.4. The van der Waals surface area contributed by atoms with E-state index >= 15 is 0 Å². The first-order chi connectivity index (χ1) is 11.2.